The summed E-state index contributed by atoms with van der Waals surface area (Å²) in [5, 5.41) is 8.71. The van der Waals surface area contributed by atoms with Gasteiger partial charge in [-0.15, -0.1) is 0 Å². The first-order valence-corrected chi connectivity index (χ1v) is 6.78. The van der Waals surface area contributed by atoms with Gasteiger partial charge in [0, 0.05) is 12.6 Å². The van der Waals surface area contributed by atoms with Gasteiger partial charge in [-0.05, 0) is 59.3 Å². The minimum absolute atomic E-state index is 0.252. The van der Waals surface area contributed by atoms with E-state index in [4.69, 9.17) is 5.11 Å². The summed E-state index contributed by atoms with van der Waals surface area (Å²) >= 11 is 0. The molecule has 1 N–H and O–H groups in total. The SMILES string of the molecule is CC(C)N(CCCN1CCCC1)CCC(=O)O. The molecule has 1 aliphatic heterocycles. The average Bonchev–Trinajstić information content (AvgIpc) is 2.74. The topological polar surface area (TPSA) is 43.8 Å². The number of carboxylic acid groups (broad SMARTS) is 1. The Morgan fingerprint density at radius 1 is 1.29 bits per heavy atom. The van der Waals surface area contributed by atoms with E-state index in [1.54, 1.807) is 0 Å². The van der Waals surface area contributed by atoms with Crippen molar-refractivity contribution in [2.45, 2.75) is 45.6 Å². The second-order valence-corrected chi connectivity index (χ2v) is 5.18. The number of carbonyl (C=O) groups is 1. The van der Waals surface area contributed by atoms with E-state index in [0.29, 0.717) is 12.6 Å². The average molecular weight is 242 g/mol. The maximum atomic E-state index is 10.6. The minimum Gasteiger partial charge on any atom is -0.481 e. The summed E-state index contributed by atoms with van der Waals surface area (Å²) in [6.45, 7) is 9.62. The lowest BCUT2D eigenvalue weighted by Gasteiger charge is -2.26. The van der Waals surface area contributed by atoms with Gasteiger partial charge in [0.2, 0.25) is 0 Å². The van der Waals surface area contributed by atoms with Gasteiger partial charge in [0.05, 0.1) is 6.42 Å². The number of aliphatic carboxylic acids is 1. The fraction of sp³-hybridized carbons (Fsp3) is 0.923. The minimum atomic E-state index is -0.699. The summed E-state index contributed by atoms with van der Waals surface area (Å²) < 4.78 is 0. The maximum Gasteiger partial charge on any atom is 0.304 e. The van der Waals surface area contributed by atoms with Gasteiger partial charge in [0.15, 0.2) is 0 Å². The van der Waals surface area contributed by atoms with Gasteiger partial charge in [-0.1, -0.05) is 0 Å². The summed E-state index contributed by atoms with van der Waals surface area (Å²) in [5.74, 6) is -0.699. The number of likely N-dealkylation sites (tertiary alicyclic amines) is 1. The highest BCUT2D eigenvalue weighted by Crippen LogP contribution is 2.08. The van der Waals surface area contributed by atoms with Crippen molar-refractivity contribution in [3.63, 3.8) is 0 Å². The van der Waals surface area contributed by atoms with E-state index in [9.17, 15) is 4.79 Å². The van der Waals surface area contributed by atoms with Crippen LogP contribution in [0.4, 0.5) is 0 Å². The lowest BCUT2D eigenvalue weighted by molar-refractivity contribution is -0.137. The van der Waals surface area contributed by atoms with Crippen LogP contribution in [0.1, 0.15) is 39.5 Å². The first kappa shape index (κ1) is 14.5. The van der Waals surface area contributed by atoms with Crippen LogP contribution in [0.25, 0.3) is 0 Å². The van der Waals surface area contributed by atoms with Gasteiger partial charge in [0.1, 0.15) is 0 Å². The van der Waals surface area contributed by atoms with Gasteiger partial charge < -0.3 is 14.9 Å². The zero-order valence-electron chi connectivity index (χ0n) is 11.2. The Morgan fingerprint density at radius 3 is 2.47 bits per heavy atom. The lowest BCUT2D eigenvalue weighted by Crippen LogP contribution is -2.35. The molecule has 1 fully saturated rings. The largest absolute Gasteiger partial charge is 0.481 e. The highest BCUT2D eigenvalue weighted by molar-refractivity contribution is 5.66. The van der Waals surface area contributed by atoms with E-state index in [0.717, 1.165) is 19.5 Å². The number of rotatable bonds is 8. The molecular formula is C13H26N2O2. The van der Waals surface area contributed by atoms with Crippen LogP contribution in [-0.2, 0) is 4.79 Å². The van der Waals surface area contributed by atoms with Crippen LogP contribution in [0, 0.1) is 0 Å². The van der Waals surface area contributed by atoms with Crippen LogP contribution in [0.2, 0.25) is 0 Å². The molecule has 0 aliphatic carbocycles. The van der Waals surface area contributed by atoms with E-state index in [1.807, 2.05) is 0 Å². The third-order valence-electron chi connectivity index (χ3n) is 3.46. The van der Waals surface area contributed by atoms with E-state index >= 15 is 0 Å². The Balaban J connectivity index is 2.16. The van der Waals surface area contributed by atoms with Crippen LogP contribution in [0.5, 0.6) is 0 Å². The molecule has 1 saturated heterocycles. The Morgan fingerprint density at radius 2 is 1.94 bits per heavy atom. The fourth-order valence-corrected chi connectivity index (χ4v) is 2.37. The molecule has 4 nitrogen and oxygen atoms in total. The molecule has 0 aromatic rings. The van der Waals surface area contributed by atoms with Gasteiger partial charge in [0.25, 0.3) is 0 Å². The second-order valence-electron chi connectivity index (χ2n) is 5.18. The van der Waals surface area contributed by atoms with Crippen molar-refractivity contribution in [1.29, 1.82) is 0 Å². The normalized spacial score (nSPS) is 17.2. The van der Waals surface area contributed by atoms with Crippen molar-refractivity contribution in [3.05, 3.63) is 0 Å². The molecule has 0 radical (unpaired) electrons. The summed E-state index contributed by atoms with van der Waals surface area (Å²) in [4.78, 5) is 15.4. The molecule has 0 atom stereocenters. The van der Waals surface area contributed by atoms with E-state index in [-0.39, 0.29) is 6.42 Å². The van der Waals surface area contributed by atoms with Gasteiger partial charge >= 0.3 is 5.97 Å². The number of nitrogens with zero attached hydrogens (tertiary/aromatic N) is 2. The third kappa shape index (κ3) is 6.03. The Labute approximate surface area is 105 Å². The van der Waals surface area contributed by atoms with Crippen LogP contribution < -0.4 is 0 Å². The van der Waals surface area contributed by atoms with E-state index < -0.39 is 5.97 Å². The molecule has 0 aromatic carbocycles. The molecule has 0 unspecified atom stereocenters. The molecular weight excluding hydrogens is 216 g/mol. The monoisotopic (exact) mass is 242 g/mol. The van der Waals surface area contributed by atoms with Crippen LogP contribution >= 0.6 is 0 Å². The van der Waals surface area contributed by atoms with Gasteiger partial charge in [-0.3, -0.25) is 4.79 Å². The molecule has 0 amide bonds. The fourth-order valence-electron chi connectivity index (χ4n) is 2.37. The Hall–Kier alpha value is -0.610. The molecule has 0 saturated carbocycles. The summed E-state index contributed by atoms with van der Waals surface area (Å²) in [6, 6.07) is 0.438. The first-order valence-electron chi connectivity index (χ1n) is 6.78. The maximum absolute atomic E-state index is 10.6. The second kappa shape index (κ2) is 7.67. The number of hydrogen-bond acceptors (Lipinski definition) is 3. The van der Waals surface area contributed by atoms with Crippen LogP contribution in [-0.4, -0.2) is 59.6 Å². The molecule has 0 bridgehead atoms. The molecule has 4 heteroatoms. The standard InChI is InChI=1S/C13H26N2O2/c1-12(2)15(11-6-13(16)17)10-5-9-14-7-3-4-8-14/h12H,3-11H2,1-2H3,(H,16,17). The molecule has 17 heavy (non-hydrogen) atoms. The van der Waals surface area contributed by atoms with Crippen LogP contribution in [0.3, 0.4) is 0 Å². The van der Waals surface area contributed by atoms with Crippen molar-refractivity contribution >= 4 is 5.97 Å². The molecule has 1 rings (SSSR count). The molecule has 1 heterocycles. The summed E-state index contributed by atoms with van der Waals surface area (Å²) in [6.07, 6.45) is 4.08. The summed E-state index contributed by atoms with van der Waals surface area (Å²) in [7, 11) is 0. The highest BCUT2D eigenvalue weighted by atomic mass is 16.4. The van der Waals surface area contributed by atoms with E-state index in [1.165, 1.54) is 25.9 Å². The summed E-state index contributed by atoms with van der Waals surface area (Å²) in [5.41, 5.74) is 0. The molecule has 100 valence electrons. The zero-order valence-corrected chi connectivity index (χ0v) is 11.2. The molecule has 1 aliphatic rings. The van der Waals surface area contributed by atoms with Gasteiger partial charge in [-0.25, -0.2) is 0 Å². The smallest absolute Gasteiger partial charge is 0.304 e. The van der Waals surface area contributed by atoms with E-state index in [2.05, 4.69) is 23.6 Å². The zero-order chi connectivity index (χ0) is 12.7. The first-order chi connectivity index (χ1) is 8.09. The Kier molecular flexibility index (Phi) is 6.52. The lowest BCUT2D eigenvalue weighted by atomic mass is 10.2. The third-order valence-corrected chi connectivity index (χ3v) is 3.46. The predicted molar refractivity (Wildman–Crippen MR) is 69.3 cm³/mol. The predicted octanol–water partition coefficient (Wildman–Crippen LogP) is 1.66. The van der Waals surface area contributed by atoms with Crippen molar-refractivity contribution in [1.82, 2.24) is 9.80 Å². The Bertz CT molecular complexity index is 225. The number of hydrogen-bond donors (Lipinski definition) is 1. The van der Waals surface area contributed by atoms with Crippen molar-refractivity contribution < 1.29 is 9.90 Å². The number of carboxylic acids is 1. The van der Waals surface area contributed by atoms with Crippen molar-refractivity contribution in [3.8, 4) is 0 Å². The quantitative estimate of drug-likeness (QED) is 0.703. The van der Waals surface area contributed by atoms with Crippen molar-refractivity contribution in [2.75, 3.05) is 32.7 Å². The molecule has 0 aromatic heterocycles. The molecule has 0 spiro atoms. The van der Waals surface area contributed by atoms with Gasteiger partial charge in [-0.2, -0.15) is 0 Å². The highest BCUT2D eigenvalue weighted by Gasteiger charge is 2.14. The van der Waals surface area contributed by atoms with Crippen molar-refractivity contribution in [2.24, 2.45) is 0 Å². The van der Waals surface area contributed by atoms with Crippen LogP contribution in [0.15, 0.2) is 0 Å².